The van der Waals surface area contributed by atoms with E-state index >= 15 is 0 Å². The van der Waals surface area contributed by atoms with Crippen LogP contribution in [0.4, 0.5) is 0 Å². The van der Waals surface area contributed by atoms with Crippen molar-refractivity contribution >= 4 is 11.3 Å². The Hall–Kier alpha value is -0.520. The van der Waals surface area contributed by atoms with E-state index in [9.17, 15) is 0 Å². The van der Waals surface area contributed by atoms with Crippen LogP contribution < -0.4 is 5.32 Å². The molecule has 92 valence electrons. The number of ether oxygens (including phenoxy) is 1. The average Bonchev–Trinajstić information content (AvgIpc) is 2.78. The molecule has 5 heteroatoms. The first-order valence-electron chi connectivity index (χ1n) is 5.75. The van der Waals surface area contributed by atoms with Crippen LogP contribution >= 0.6 is 11.3 Å². The van der Waals surface area contributed by atoms with E-state index in [2.05, 4.69) is 36.3 Å². The first kappa shape index (κ1) is 13.5. The smallest absolute Gasteiger partial charge is 0.149 e. The summed E-state index contributed by atoms with van der Waals surface area (Å²) in [5.41, 5.74) is -0.291. The molecule has 0 spiro atoms. The molecule has 0 saturated carbocycles. The molecule has 4 nitrogen and oxygen atoms in total. The fraction of sp³-hybridized carbons (Fsp3) is 0.818. The number of hydrogen-bond donors (Lipinski definition) is 1. The highest BCUT2D eigenvalue weighted by molar-refractivity contribution is 7.11. The molecule has 0 aliphatic carbocycles. The van der Waals surface area contributed by atoms with E-state index in [0.29, 0.717) is 0 Å². The van der Waals surface area contributed by atoms with Crippen LogP contribution in [0.25, 0.3) is 0 Å². The Balaban J connectivity index is 2.63. The third-order valence-electron chi connectivity index (χ3n) is 2.75. The van der Waals surface area contributed by atoms with Crippen molar-refractivity contribution in [2.75, 3.05) is 13.7 Å². The molecular formula is C11H21N3OS. The molecule has 0 aliphatic rings. The van der Waals surface area contributed by atoms with Crippen molar-refractivity contribution in [3.05, 3.63) is 10.0 Å². The Labute approximate surface area is 101 Å². The number of aromatic nitrogens is 2. The minimum Gasteiger partial charge on any atom is -0.371 e. The van der Waals surface area contributed by atoms with E-state index in [1.165, 1.54) is 0 Å². The van der Waals surface area contributed by atoms with E-state index < -0.39 is 0 Å². The molecule has 16 heavy (non-hydrogen) atoms. The quantitative estimate of drug-likeness (QED) is 0.747. The zero-order valence-electron chi connectivity index (χ0n) is 10.5. The molecule has 1 atom stereocenters. The van der Waals surface area contributed by atoms with Crippen molar-refractivity contribution in [3.8, 4) is 0 Å². The van der Waals surface area contributed by atoms with Gasteiger partial charge in [-0.2, -0.15) is 0 Å². The van der Waals surface area contributed by atoms with Gasteiger partial charge in [0.25, 0.3) is 0 Å². The van der Waals surface area contributed by atoms with Crippen molar-refractivity contribution in [1.29, 1.82) is 0 Å². The lowest BCUT2D eigenvalue weighted by Crippen LogP contribution is -2.22. The predicted molar refractivity (Wildman–Crippen MR) is 66.6 cm³/mol. The molecular weight excluding hydrogens is 222 g/mol. The number of nitrogens with zero attached hydrogens (tertiary/aromatic N) is 2. The van der Waals surface area contributed by atoms with Gasteiger partial charge in [-0.05, 0) is 26.3 Å². The minimum atomic E-state index is -0.291. The molecule has 1 N–H and O–H groups in total. The Bertz CT molecular complexity index is 310. The summed E-state index contributed by atoms with van der Waals surface area (Å²) in [7, 11) is 1.72. The van der Waals surface area contributed by atoms with Crippen molar-refractivity contribution in [2.45, 2.75) is 45.8 Å². The van der Waals surface area contributed by atoms with Gasteiger partial charge < -0.3 is 10.1 Å². The summed E-state index contributed by atoms with van der Waals surface area (Å²) >= 11 is 1.63. The molecule has 1 rings (SSSR count). The number of methoxy groups -OCH3 is 1. The fourth-order valence-electron chi connectivity index (χ4n) is 1.29. The standard InChI is InChI=1S/C11H21N3OS/c1-5-7-12-8-9-13-14-10(16-9)11(3,6-2)15-4/h12H,5-8H2,1-4H3. The summed E-state index contributed by atoms with van der Waals surface area (Å²) in [5, 5.41) is 13.7. The second-order valence-electron chi connectivity index (χ2n) is 3.97. The minimum absolute atomic E-state index is 0.291. The highest BCUT2D eigenvalue weighted by atomic mass is 32.1. The van der Waals surface area contributed by atoms with E-state index in [1.54, 1.807) is 18.4 Å². The molecule has 1 aromatic rings. The summed E-state index contributed by atoms with van der Waals surface area (Å²) < 4.78 is 5.50. The second kappa shape index (κ2) is 6.27. The van der Waals surface area contributed by atoms with Gasteiger partial charge in [0.15, 0.2) is 0 Å². The van der Waals surface area contributed by atoms with Crippen LogP contribution in [0.1, 0.15) is 43.6 Å². The van der Waals surface area contributed by atoms with E-state index in [1.807, 2.05) is 0 Å². The topological polar surface area (TPSA) is 47.0 Å². The molecule has 1 unspecified atom stereocenters. The first-order chi connectivity index (χ1) is 7.66. The van der Waals surface area contributed by atoms with Gasteiger partial charge in [0.2, 0.25) is 0 Å². The third kappa shape index (κ3) is 3.23. The lowest BCUT2D eigenvalue weighted by atomic mass is 10.1. The summed E-state index contributed by atoms with van der Waals surface area (Å²) in [6.07, 6.45) is 2.04. The molecule has 0 fully saturated rings. The maximum absolute atomic E-state index is 5.50. The first-order valence-corrected chi connectivity index (χ1v) is 6.56. The van der Waals surface area contributed by atoms with Crippen LogP contribution in [0.2, 0.25) is 0 Å². The van der Waals surface area contributed by atoms with Crippen molar-refractivity contribution < 1.29 is 4.74 Å². The second-order valence-corrected chi connectivity index (χ2v) is 5.03. The van der Waals surface area contributed by atoms with E-state index in [4.69, 9.17) is 4.74 Å². The van der Waals surface area contributed by atoms with Gasteiger partial charge >= 0.3 is 0 Å². The molecule has 0 bridgehead atoms. The van der Waals surface area contributed by atoms with Crippen molar-refractivity contribution in [2.24, 2.45) is 0 Å². The van der Waals surface area contributed by atoms with Crippen LogP contribution in [0.5, 0.6) is 0 Å². The Morgan fingerprint density at radius 3 is 2.69 bits per heavy atom. The highest BCUT2D eigenvalue weighted by Crippen LogP contribution is 2.30. The van der Waals surface area contributed by atoms with Gasteiger partial charge in [0, 0.05) is 13.7 Å². The molecule has 0 saturated heterocycles. The van der Waals surface area contributed by atoms with Crippen LogP contribution in [0.3, 0.4) is 0 Å². The molecule has 1 heterocycles. The van der Waals surface area contributed by atoms with Gasteiger partial charge in [-0.3, -0.25) is 0 Å². The molecule has 0 aliphatic heterocycles. The van der Waals surface area contributed by atoms with E-state index in [-0.39, 0.29) is 5.60 Å². The van der Waals surface area contributed by atoms with Crippen molar-refractivity contribution in [3.63, 3.8) is 0 Å². The maximum Gasteiger partial charge on any atom is 0.149 e. The summed E-state index contributed by atoms with van der Waals surface area (Å²) in [6, 6.07) is 0. The lowest BCUT2D eigenvalue weighted by molar-refractivity contribution is -0.00207. The number of hydrogen-bond acceptors (Lipinski definition) is 5. The summed E-state index contributed by atoms with van der Waals surface area (Å²) in [5.74, 6) is 0. The van der Waals surface area contributed by atoms with E-state index in [0.717, 1.165) is 35.9 Å². The van der Waals surface area contributed by atoms with Gasteiger partial charge in [-0.25, -0.2) is 0 Å². The summed E-state index contributed by atoms with van der Waals surface area (Å²) in [4.78, 5) is 0. The zero-order chi connectivity index (χ0) is 12.0. The zero-order valence-corrected chi connectivity index (χ0v) is 11.4. The average molecular weight is 243 g/mol. The molecule has 0 aromatic carbocycles. The Morgan fingerprint density at radius 1 is 1.38 bits per heavy atom. The normalized spacial score (nSPS) is 15.0. The largest absolute Gasteiger partial charge is 0.371 e. The third-order valence-corrected chi connectivity index (χ3v) is 3.92. The monoisotopic (exact) mass is 243 g/mol. The predicted octanol–water partition coefficient (Wildman–Crippen LogP) is 2.31. The van der Waals surface area contributed by atoms with Crippen molar-refractivity contribution in [1.82, 2.24) is 15.5 Å². The molecule has 1 aromatic heterocycles. The molecule has 0 amide bonds. The molecule has 0 radical (unpaired) electrons. The van der Waals surface area contributed by atoms with Gasteiger partial charge in [0.1, 0.15) is 15.6 Å². The lowest BCUT2D eigenvalue weighted by Gasteiger charge is -2.22. The van der Waals surface area contributed by atoms with Crippen LogP contribution in [-0.4, -0.2) is 23.9 Å². The van der Waals surface area contributed by atoms with Crippen LogP contribution in [-0.2, 0) is 16.9 Å². The maximum atomic E-state index is 5.50. The van der Waals surface area contributed by atoms with Gasteiger partial charge in [-0.1, -0.05) is 25.2 Å². The van der Waals surface area contributed by atoms with Crippen LogP contribution in [0, 0.1) is 0 Å². The summed E-state index contributed by atoms with van der Waals surface area (Å²) in [6.45, 7) is 8.12. The fourth-order valence-corrected chi connectivity index (χ4v) is 2.30. The Morgan fingerprint density at radius 2 is 2.12 bits per heavy atom. The van der Waals surface area contributed by atoms with Gasteiger partial charge in [0.05, 0.1) is 0 Å². The number of rotatable bonds is 7. The number of nitrogens with one attached hydrogen (secondary N) is 1. The highest BCUT2D eigenvalue weighted by Gasteiger charge is 2.28. The van der Waals surface area contributed by atoms with Gasteiger partial charge in [-0.15, -0.1) is 10.2 Å². The Kier molecular flexibility index (Phi) is 5.31. The van der Waals surface area contributed by atoms with Crippen LogP contribution in [0.15, 0.2) is 0 Å². The SMILES string of the molecule is CCCNCc1nnc(C(C)(CC)OC)s1.